The van der Waals surface area contributed by atoms with Crippen molar-refractivity contribution in [2.75, 3.05) is 24.7 Å². The number of sulfonamides is 1. The predicted molar refractivity (Wildman–Crippen MR) is 72.2 cm³/mol. The Balaban J connectivity index is 2.42. The van der Waals surface area contributed by atoms with Gasteiger partial charge < -0.3 is 4.90 Å². The first-order valence-electron chi connectivity index (χ1n) is 6.31. The summed E-state index contributed by atoms with van der Waals surface area (Å²) in [6.45, 7) is 3.06. The first kappa shape index (κ1) is 15.7. The van der Waals surface area contributed by atoms with Crippen molar-refractivity contribution >= 4 is 27.5 Å². The van der Waals surface area contributed by atoms with Crippen LogP contribution in [0, 0.1) is 0 Å². The van der Waals surface area contributed by atoms with E-state index in [2.05, 4.69) is 4.72 Å². The minimum Gasteiger partial charge on any atom is -0.341 e. The molecule has 0 spiro atoms. The fraction of sp³-hybridized carbons (Fsp3) is 0.909. The molecular formula is C11H21ClN2O3S. The van der Waals surface area contributed by atoms with Gasteiger partial charge >= 0.3 is 0 Å². The molecule has 1 rings (SSSR count). The lowest BCUT2D eigenvalue weighted by Gasteiger charge is -2.21. The van der Waals surface area contributed by atoms with Crippen LogP contribution in [0.15, 0.2) is 0 Å². The normalized spacial score (nSPS) is 18.0. The lowest BCUT2D eigenvalue weighted by Crippen LogP contribution is -2.46. The molecule has 1 amide bonds. The summed E-state index contributed by atoms with van der Waals surface area (Å²) in [6.07, 6.45) is 3.18. The lowest BCUT2D eigenvalue weighted by atomic mass is 10.3. The van der Waals surface area contributed by atoms with Gasteiger partial charge in [0.05, 0.1) is 11.8 Å². The molecule has 1 aliphatic heterocycles. The second-order valence-electron chi connectivity index (χ2n) is 4.59. The highest BCUT2D eigenvalue weighted by molar-refractivity contribution is 7.89. The number of nitrogens with one attached hydrogen (secondary N) is 1. The first-order valence-corrected chi connectivity index (χ1v) is 8.50. The van der Waals surface area contributed by atoms with Gasteiger partial charge in [0.1, 0.15) is 0 Å². The van der Waals surface area contributed by atoms with Crippen LogP contribution >= 0.6 is 11.6 Å². The molecule has 0 radical (unpaired) electrons. The average molecular weight is 297 g/mol. The van der Waals surface area contributed by atoms with Crippen LogP contribution in [-0.2, 0) is 14.8 Å². The van der Waals surface area contributed by atoms with Crippen LogP contribution in [0.3, 0.4) is 0 Å². The summed E-state index contributed by atoms with van der Waals surface area (Å²) in [5.74, 6) is 0.350. The second kappa shape index (κ2) is 7.31. The number of halogens is 1. The molecule has 1 heterocycles. The third-order valence-electron chi connectivity index (χ3n) is 2.94. The Morgan fingerprint density at radius 3 is 2.50 bits per heavy atom. The van der Waals surface area contributed by atoms with Crippen LogP contribution in [0.5, 0.6) is 0 Å². The zero-order chi connectivity index (χ0) is 13.6. The van der Waals surface area contributed by atoms with E-state index in [1.165, 1.54) is 0 Å². The molecule has 1 atom stereocenters. The predicted octanol–water partition coefficient (Wildman–Crippen LogP) is 0.936. The molecule has 5 nitrogen and oxygen atoms in total. The summed E-state index contributed by atoms with van der Waals surface area (Å²) in [5.41, 5.74) is 0. The Hall–Kier alpha value is -0.330. The van der Waals surface area contributed by atoms with Gasteiger partial charge in [-0.25, -0.2) is 13.1 Å². The van der Waals surface area contributed by atoms with Crippen molar-refractivity contribution in [1.82, 2.24) is 9.62 Å². The highest BCUT2D eigenvalue weighted by Gasteiger charge is 2.26. The average Bonchev–Trinajstić information content (AvgIpc) is 2.80. The number of amides is 1. The van der Waals surface area contributed by atoms with Gasteiger partial charge in [0.2, 0.25) is 15.9 Å². The van der Waals surface area contributed by atoms with E-state index < -0.39 is 16.1 Å². The van der Waals surface area contributed by atoms with Crippen LogP contribution in [0.25, 0.3) is 0 Å². The SMILES string of the molecule is CC(NS(=O)(=O)CCCCCl)C(=O)N1CCCC1. The first-order chi connectivity index (χ1) is 8.46. The summed E-state index contributed by atoms with van der Waals surface area (Å²) in [4.78, 5) is 13.6. The number of carbonyl (C=O) groups excluding carboxylic acids is 1. The number of likely N-dealkylation sites (tertiary alicyclic amines) is 1. The quantitative estimate of drug-likeness (QED) is 0.561. The molecule has 0 bridgehead atoms. The van der Waals surface area contributed by atoms with Crippen LogP contribution in [0.1, 0.15) is 32.6 Å². The fourth-order valence-electron chi connectivity index (χ4n) is 1.98. The lowest BCUT2D eigenvalue weighted by molar-refractivity contribution is -0.131. The summed E-state index contributed by atoms with van der Waals surface area (Å²) >= 11 is 5.50. The van der Waals surface area contributed by atoms with Crippen LogP contribution < -0.4 is 4.72 Å². The molecule has 0 aromatic rings. The molecule has 1 aliphatic rings. The molecule has 0 aromatic carbocycles. The van der Waals surface area contributed by atoms with Crippen molar-refractivity contribution < 1.29 is 13.2 Å². The molecule has 18 heavy (non-hydrogen) atoms. The number of rotatable bonds is 7. The van der Waals surface area contributed by atoms with Crippen LogP contribution in [0.4, 0.5) is 0 Å². The van der Waals surface area contributed by atoms with Gasteiger partial charge in [-0.05, 0) is 32.6 Å². The summed E-state index contributed by atoms with van der Waals surface area (Å²) in [5, 5.41) is 0. The van der Waals surface area contributed by atoms with E-state index in [0.717, 1.165) is 25.9 Å². The molecule has 106 valence electrons. The number of alkyl halides is 1. The Morgan fingerprint density at radius 1 is 1.33 bits per heavy atom. The number of hydrogen-bond acceptors (Lipinski definition) is 3. The van der Waals surface area contributed by atoms with E-state index in [1.807, 2.05) is 0 Å². The molecule has 0 saturated carbocycles. The molecule has 1 fully saturated rings. The van der Waals surface area contributed by atoms with Crippen molar-refractivity contribution in [3.63, 3.8) is 0 Å². The summed E-state index contributed by atoms with van der Waals surface area (Å²) in [6, 6.07) is -0.677. The van der Waals surface area contributed by atoms with E-state index >= 15 is 0 Å². The summed E-state index contributed by atoms with van der Waals surface area (Å²) < 4.78 is 25.9. The standard InChI is InChI=1S/C11H21ClN2O3S/c1-10(11(15)14-7-3-4-8-14)13-18(16,17)9-5-2-6-12/h10,13H,2-9H2,1H3. The molecule has 7 heteroatoms. The monoisotopic (exact) mass is 296 g/mol. The number of carbonyl (C=O) groups is 1. The van der Waals surface area contributed by atoms with Gasteiger partial charge in [-0.2, -0.15) is 0 Å². The van der Waals surface area contributed by atoms with Crippen molar-refractivity contribution in [2.24, 2.45) is 0 Å². The molecule has 1 N–H and O–H groups in total. The van der Waals surface area contributed by atoms with Gasteiger partial charge in [0.15, 0.2) is 0 Å². The Labute approximate surface area is 114 Å². The molecular weight excluding hydrogens is 276 g/mol. The third kappa shape index (κ3) is 5.12. The summed E-state index contributed by atoms with van der Waals surface area (Å²) in [7, 11) is -3.38. The Kier molecular flexibility index (Phi) is 6.38. The van der Waals surface area contributed by atoms with Crippen molar-refractivity contribution in [1.29, 1.82) is 0 Å². The third-order valence-corrected chi connectivity index (χ3v) is 4.75. The highest BCUT2D eigenvalue weighted by Crippen LogP contribution is 2.09. The zero-order valence-corrected chi connectivity index (χ0v) is 12.3. The number of hydrogen-bond donors (Lipinski definition) is 1. The van der Waals surface area contributed by atoms with Crippen molar-refractivity contribution in [3.8, 4) is 0 Å². The smallest absolute Gasteiger partial charge is 0.240 e. The van der Waals surface area contributed by atoms with Crippen molar-refractivity contribution in [3.05, 3.63) is 0 Å². The maximum Gasteiger partial charge on any atom is 0.240 e. The van der Waals surface area contributed by atoms with Crippen LogP contribution in [0.2, 0.25) is 0 Å². The topological polar surface area (TPSA) is 66.5 Å². The van der Waals surface area contributed by atoms with Gasteiger partial charge in [-0.1, -0.05) is 0 Å². The molecule has 1 unspecified atom stereocenters. The van der Waals surface area contributed by atoms with Crippen molar-refractivity contribution in [2.45, 2.75) is 38.6 Å². The Bertz CT molecular complexity index is 366. The van der Waals surface area contributed by atoms with Crippen LogP contribution in [-0.4, -0.2) is 50.0 Å². The maximum atomic E-state index is 11.9. The molecule has 0 aliphatic carbocycles. The highest BCUT2D eigenvalue weighted by atomic mass is 35.5. The van der Waals surface area contributed by atoms with Gasteiger partial charge in [0.25, 0.3) is 0 Å². The molecule has 1 saturated heterocycles. The van der Waals surface area contributed by atoms with E-state index in [9.17, 15) is 13.2 Å². The Morgan fingerprint density at radius 2 is 1.94 bits per heavy atom. The van der Waals surface area contributed by atoms with E-state index in [1.54, 1.807) is 11.8 Å². The second-order valence-corrected chi connectivity index (χ2v) is 6.84. The van der Waals surface area contributed by atoms with E-state index in [-0.39, 0.29) is 11.7 Å². The zero-order valence-electron chi connectivity index (χ0n) is 10.7. The largest absolute Gasteiger partial charge is 0.341 e. The molecule has 0 aromatic heterocycles. The van der Waals surface area contributed by atoms with Gasteiger partial charge in [0, 0.05) is 19.0 Å². The number of nitrogens with zero attached hydrogens (tertiary/aromatic N) is 1. The minimum absolute atomic E-state index is 0.0251. The number of unbranched alkanes of at least 4 members (excludes halogenated alkanes) is 1. The van der Waals surface area contributed by atoms with Gasteiger partial charge in [-0.3, -0.25) is 4.79 Å². The fourth-order valence-corrected chi connectivity index (χ4v) is 3.51. The van der Waals surface area contributed by atoms with E-state index in [4.69, 9.17) is 11.6 Å². The van der Waals surface area contributed by atoms with E-state index in [0.29, 0.717) is 18.7 Å². The van der Waals surface area contributed by atoms with Gasteiger partial charge in [-0.15, -0.1) is 11.6 Å². The minimum atomic E-state index is -3.38. The maximum absolute atomic E-state index is 11.9.